The molecule has 3 aliphatic rings. The van der Waals surface area contributed by atoms with Gasteiger partial charge in [-0.1, -0.05) is 54.6 Å². The van der Waals surface area contributed by atoms with Crippen molar-refractivity contribution in [3.05, 3.63) is 133 Å². The topological polar surface area (TPSA) is 56.1 Å². The zero-order chi connectivity index (χ0) is 30.2. The first-order valence-corrected chi connectivity index (χ1v) is 16.0. The van der Waals surface area contributed by atoms with Crippen LogP contribution in [0.25, 0.3) is 28.0 Å². The molecule has 0 saturated heterocycles. The lowest BCUT2D eigenvalue weighted by Gasteiger charge is -2.40. The highest BCUT2D eigenvalue weighted by molar-refractivity contribution is 6.99. The summed E-state index contributed by atoms with van der Waals surface area (Å²) in [5.41, 5.74) is 13.4. The molecule has 2 aromatic heterocycles. The van der Waals surface area contributed by atoms with Gasteiger partial charge in [0.05, 0.1) is 5.52 Å². The summed E-state index contributed by atoms with van der Waals surface area (Å²) >= 11 is 0. The maximum atomic E-state index is 6.72. The van der Waals surface area contributed by atoms with Crippen LogP contribution in [-0.2, 0) is 12.8 Å². The predicted octanol–water partition coefficient (Wildman–Crippen LogP) is 6.77. The average Bonchev–Trinajstić information content (AvgIpc) is 3.46. The van der Waals surface area contributed by atoms with E-state index in [-0.39, 0.29) is 6.71 Å². The zero-order valence-electron chi connectivity index (χ0n) is 25.1. The molecule has 5 aromatic carbocycles. The van der Waals surface area contributed by atoms with E-state index in [0.717, 1.165) is 46.7 Å². The Labute approximate surface area is 267 Å². The van der Waals surface area contributed by atoms with Gasteiger partial charge in [-0.2, -0.15) is 0 Å². The first kappa shape index (κ1) is 25.6. The molecule has 1 aliphatic carbocycles. The van der Waals surface area contributed by atoms with Gasteiger partial charge in [-0.15, -0.1) is 0 Å². The largest absolute Gasteiger partial charge is 0.458 e. The molecule has 0 unspecified atom stereocenters. The molecule has 0 bridgehead atoms. The lowest BCUT2D eigenvalue weighted by molar-refractivity contribution is 0.487. The molecular formula is C39H28BN5O. The van der Waals surface area contributed by atoms with Crippen LogP contribution < -0.4 is 26.0 Å². The van der Waals surface area contributed by atoms with E-state index in [1.54, 1.807) is 0 Å². The predicted molar refractivity (Wildman–Crippen MR) is 185 cm³/mol. The number of aromatic nitrogens is 4. The molecule has 0 N–H and O–H groups in total. The summed E-state index contributed by atoms with van der Waals surface area (Å²) in [5, 5.41) is 1.38. The normalized spacial score (nSPS) is 14.3. The lowest BCUT2D eigenvalue weighted by atomic mass is 9.34. The van der Waals surface area contributed by atoms with Gasteiger partial charge in [-0.3, -0.25) is 0 Å². The Bertz CT molecular complexity index is 2320. The number of aryl methyl sites for hydroxylation is 1. The van der Waals surface area contributed by atoms with Gasteiger partial charge in [-0.05, 0) is 102 Å². The Balaban J connectivity index is 1.23. The van der Waals surface area contributed by atoms with Crippen molar-refractivity contribution in [2.24, 2.45) is 0 Å². The number of rotatable bonds is 3. The summed E-state index contributed by atoms with van der Waals surface area (Å²) in [7, 11) is 0. The fourth-order valence-corrected chi connectivity index (χ4v) is 7.98. The van der Waals surface area contributed by atoms with Crippen molar-refractivity contribution in [2.45, 2.75) is 25.7 Å². The van der Waals surface area contributed by atoms with Gasteiger partial charge in [0.1, 0.15) is 24.2 Å². The molecule has 0 saturated carbocycles. The number of ether oxygens (including phenoxy) is 1. The number of para-hydroxylation sites is 2. The van der Waals surface area contributed by atoms with Crippen molar-refractivity contribution in [2.75, 3.05) is 4.90 Å². The molecule has 7 aromatic rings. The van der Waals surface area contributed by atoms with Crippen molar-refractivity contribution in [1.29, 1.82) is 0 Å². The van der Waals surface area contributed by atoms with E-state index in [0.29, 0.717) is 5.82 Å². The van der Waals surface area contributed by atoms with Gasteiger partial charge < -0.3 is 14.2 Å². The Morgan fingerprint density at radius 3 is 2.41 bits per heavy atom. The van der Waals surface area contributed by atoms with Gasteiger partial charge in [0.2, 0.25) is 0 Å². The van der Waals surface area contributed by atoms with E-state index in [2.05, 4.69) is 134 Å². The minimum atomic E-state index is -0.00470. The van der Waals surface area contributed by atoms with Crippen molar-refractivity contribution >= 4 is 51.1 Å². The molecule has 0 amide bonds. The van der Waals surface area contributed by atoms with Crippen LogP contribution in [0.1, 0.15) is 24.1 Å². The second-order valence-corrected chi connectivity index (χ2v) is 12.3. The van der Waals surface area contributed by atoms with Crippen LogP contribution in [0.5, 0.6) is 11.5 Å². The van der Waals surface area contributed by atoms with Crippen molar-refractivity contribution in [1.82, 2.24) is 19.5 Å². The quantitative estimate of drug-likeness (QED) is 0.212. The maximum absolute atomic E-state index is 6.72. The summed E-state index contributed by atoms with van der Waals surface area (Å²) in [6.07, 6.45) is 7.79. The van der Waals surface area contributed by atoms with Crippen LogP contribution >= 0.6 is 0 Å². The van der Waals surface area contributed by atoms with Gasteiger partial charge >= 0.3 is 0 Å². The molecule has 0 spiro atoms. The minimum Gasteiger partial charge on any atom is -0.458 e. The van der Waals surface area contributed by atoms with E-state index in [1.807, 2.05) is 0 Å². The van der Waals surface area contributed by atoms with Crippen molar-refractivity contribution in [3.63, 3.8) is 0 Å². The number of hydrogen-bond acceptors (Lipinski definition) is 5. The second kappa shape index (κ2) is 9.91. The molecule has 10 rings (SSSR count). The molecule has 0 atom stereocenters. The second-order valence-electron chi connectivity index (χ2n) is 12.3. The smallest absolute Gasteiger partial charge is 0.256 e. The third kappa shape index (κ3) is 3.69. The number of benzene rings is 5. The Kier molecular flexibility index (Phi) is 5.52. The number of anilines is 3. The van der Waals surface area contributed by atoms with Crippen LogP contribution in [-0.4, -0.2) is 26.2 Å². The molecule has 46 heavy (non-hydrogen) atoms. The van der Waals surface area contributed by atoms with Crippen molar-refractivity contribution in [3.8, 4) is 28.6 Å². The lowest BCUT2D eigenvalue weighted by Crippen LogP contribution is -2.59. The summed E-state index contributed by atoms with van der Waals surface area (Å²) < 4.78 is 9.25. The van der Waals surface area contributed by atoms with E-state index in [9.17, 15) is 0 Å². The summed E-state index contributed by atoms with van der Waals surface area (Å²) in [4.78, 5) is 15.2. The van der Waals surface area contributed by atoms with Crippen LogP contribution in [0.3, 0.4) is 0 Å². The van der Waals surface area contributed by atoms with E-state index >= 15 is 0 Å². The molecule has 0 fully saturated rings. The van der Waals surface area contributed by atoms with E-state index in [1.165, 1.54) is 70.0 Å². The van der Waals surface area contributed by atoms with Crippen molar-refractivity contribution < 1.29 is 4.74 Å². The molecule has 6 nitrogen and oxygen atoms in total. The van der Waals surface area contributed by atoms with Crippen LogP contribution in [0.15, 0.2) is 122 Å². The minimum absolute atomic E-state index is 0.00470. The van der Waals surface area contributed by atoms with Crippen LogP contribution in [0, 0.1) is 0 Å². The molecule has 2 aliphatic heterocycles. The van der Waals surface area contributed by atoms with Crippen LogP contribution in [0.4, 0.5) is 17.1 Å². The third-order valence-corrected chi connectivity index (χ3v) is 9.88. The van der Waals surface area contributed by atoms with Gasteiger partial charge in [0.15, 0.2) is 5.82 Å². The average molecular weight is 593 g/mol. The first-order valence-electron chi connectivity index (χ1n) is 16.0. The molecule has 0 radical (unpaired) electrons. The Morgan fingerprint density at radius 2 is 1.50 bits per heavy atom. The Hall–Kier alpha value is -5.69. The zero-order valence-corrected chi connectivity index (χ0v) is 25.1. The first-order chi connectivity index (χ1) is 22.8. The SMILES string of the molecule is c1ccc(N2c3ccc(-n4c5c(c6ccccc64)CCCC5)cc3B3c4ccc(-c5ncncn5)cc4Oc4cccc2c43)cc1. The van der Waals surface area contributed by atoms with Crippen LogP contribution in [0.2, 0.25) is 0 Å². The monoisotopic (exact) mass is 593 g/mol. The molecule has 218 valence electrons. The standard InChI is InChI=1S/C39H28BN5O/c1-2-9-26(10-3-1)44-34-20-18-27(45-32-13-6-4-11-28(32)29-12-5-7-14-33(29)45)22-31(34)40-30-19-17-25(39-42-23-41-24-43-39)21-37(30)46-36-16-8-15-35(44)38(36)40/h1-4,6,8-11,13,15-24H,5,7,12,14H2. The van der Waals surface area contributed by atoms with Gasteiger partial charge in [-0.25, -0.2) is 15.0 Å². The number of hydrogen-bond donors (Lipinski definition) is 0. The fourth-order valence-electron chi connectivity index (χ4n) is 7.98. The highest BCUT2D eigenvalue weighted by Crippen LogP contribution is 2.42. The van der Waals surface area contributed by atoms with Gasteiger partial charge in [0, 0.05) is 39.4 Å². The van der Waals surface area contributed by atoms with E-state index in [4.69, 9.17) is 4.74 Å². The molecule has 7 heteroatoms. The van der Waals surface area contributed by atoms with Gasteiger partial charge in [0.25, 0.3) is 6.71 Å². The summed E-state index contributed by atoms with van der Waals surface area (Å²) in [6.45, 7) is -0.00470. The molecule has 4 heterocycles. The highest BCUT2D eigenvalue weighted by atomic mass is 16.5. The fraction of sp³-hybridized carbons (Fsp3) is 0.103. The molecular weight excluding hydrogens is 565 g/mol. The van der Waals surface area contributed by atoms with E-state index < -0.39 is 0 Å². The maximum Gasteiger partial charge on any atom is 0.256 e. The summed E-state index contributed by atoms with van der Waals surface area (Å²) in [5.74, 6) is 2.34. The third-order valence-electron chi connectivity index (χ3n) is 9.88. The Morgan fingerprint density at radius 1 is 0.652 bits per heavy atom. The number of fused-ring (bicyclic) bond motifs is 7. The number of nitrogens with zero attached hydrogens (tertiary/aromatic N) is 5. The highest BCUT2D eigenvalue weighted by Gasteiger charge is 2.42. The summed E-state index contributed by atoms with van der Waals surface area (Å²) in [6, 6.07) is 39.4.